The molecule has 0 fully saturated rings. The zero-order chi connectivity index (χ0) is 12.1. The van der Waals surface area contributed by atoms with Gasteiger partial charge in [-0.3, -0.25) is 0 Å². The molecule has 0 aliphatic heterocycles. The molecular formula is C11H17N3O2. The number of hydrogen-bond donors (Lipinski definition) is 3. The van der Waals surface area contributed by atoms with Crippen molar-refractivity contribution in [3.8, 4) is 0 Å². The third-order valence-corrected chi connectivity index (χ3v) is 2.44. The Labute approximate surface area is 94.8 Å². The van der Waals surface area contributed by atoms with Gasteiger partial charge in [0.25, 0.3) is 0 Å². The molecule has 0 amide bonds. The lowest BCUT2D eigenvalue weighted by atomic mass is 10.1. The molecule has 0 aliphatic rings. The maximum absolute atomic E-state index is 8.92. The average Bonchev–Trinajstić information content (AvgIpc) is 2.27. The van der Waals surface area contributed by atoms with E-state index in [-0.39, 0.29) is 12.4 Å². The molecule has 0 aliphatic carbocycles. The number of nitrogens with zero attached hydrogens (tertiary/aromatic N) is 2. The molecule has 0 unspecified atom stereocenters. The van der Waals surface area contributed by atoms with Crippen LogP contribution in [0.15, 0.2) is 23.4 Å². The summed E-state index contributed by atoms with van der Waals surface area (Å²) < 4.78 is 0. The standard InChI is InChI=1S/C11H17N3O2/c1-8-4-3-5-9(11(12)13-16)10(8)14(2)6-7-15/h3-5,15-16H,6-7H2,1-2H3,(H2,12,13). The fraction of sp³-hybridized carbons (Fsp3) is 0.364. The van der Waals surface area contributed by atoms with Crippen LogP contribution in [0.3, 0.4) is 0 Å². The van der Waals surface area contributed by atoms with Crippen LogP contribution in [0.4, 0.5) is 5.69 Å². The van der Waals surface area contributed by atoms with E-state index in [0.29, 0.717) is 12.1 Å². The number of para-hydroxylation sites is 1. The lowest BCUT2D eigenvalue weighted by Crippen LogP contribution is -2.26. The second-order valence-corrected chi connectivity index (χ2v) is 3.60. The number of aliphatic hydroxyl groups is 1. The highest BCUT2D eigenvalue weighted by Crippen LogP contribution is 2.23. The van der Waals surface area contributed by atoms with Gasteiger partial charge in [0.15, 0.2) is 5.84 Å². The van der Waals surface area contributed by atoms with Crippen LogP contribution in [0.1, 0.15) is 11.1 Å². The molecule has 16 heavy (non-hydrogen) atoms. The highest BCUT2D eigenvalue weighted by Gasteiger charge is 2.12. The van der Waals surface area contributed by atoms with Gasteiger partial charge in [-0.25, -0.2) is 0 Å². The minimum absolute atomic E-state index is 0.0560. The Bertz CT molecular complexity index is 391. The van der Waals surface area contributed by atoms with Gasteiger partial charge in [-0.2, -0.15) is 0 Å². The van der Waals surface area contributed by atoms with Crippen molar-refractivity contribution in [3.05, 3.63) is 29.3 Å². The molecule has 0 saturated carbocycles. The quantitative estimate of drug-likeness (QED) is 0.301. The second kappa shape index (κ2) is 5.37. The molecule has 1 aromatic carbocycles. The van der Waals surface area contributed by atoms with Crippen LogP contribution in [0.2, 0.25) is 0 Å². The molecular weight excluding hydrogens is 206 g/mol. The van der Waals surface area contributed by atoms with E-state index in [0.717, 1.165) is 11.3 Å². The number of nitrogens with two attached hydrogens (primary N) is 1. The van der Waals surface area contributed by atoms with E-state index in [1.165, 1.54) is 0 Å². The van der Waals surface area contributed by atoms with Crippen LogP contribution < -0.4 is 10.6 Å². The lowest BCUT2D eigenvalue weighted by Gasteiger charge is -2.23. The van der Waals surface area contributed by atoms with Crippen LogP contribution in [-0.4, -0.2) is 36.3 Å². The van der Waals surface area contributed by atoms with Crippen molar-refractivity contribution in [1.29, 1.82) is 0 Å². The summed E-state index contributed by atoms with van der Waals surface area (Å²) >= 11 is 0. The first-order valence-electron chi connectivity index (χ1n) is 5.01. The zero-order valence-corrected chi connectivity index (χ0v) is 9.51. The van der Waals surface area contributed by atoms with Crippen LogP contribution in [0.25, 0.3) is 0 Å². The van der Waals surface area contributed by atoms with Gasteiger partial charge >= 0.3 is 0 Å². The summed E-state index contributed by atoms with van der Waals surface area (Å²) in [6.07, 6.45) is 0. The first-order valence-corrected chi connectivity index (χ1v) is 5.01. The van der Waals surface area contributed by atoms with E-state index in [1.807, 2.05) is 31.0 Å². The molecule has 88 valence electrons. The maximum atomic E-state index is 8.92. The number of aryl methyl sites for hydroxylation is 1. The minimum atomic E-state index is 0.0560. The van der Waals surface area contributed by atoms with Crippen LogP contribution in [0.5, 0.6) is 0 Å². The molecule has 0 heterocycles. The highest BCUT2D eigenvalue weighted by atomic mass is 16.4. The Balaban J connectivity index is 3.23. The number of rotatable bonds is 4. The van der Waals surface area contributed by atoms with Crippen molar-refractivity contribution in [1.82, 2.24) is 0 Å². The van der Waals surface area contributed by atoms with Gasteiger partial charge in [-0.05, 0) is 18.6 Å². The summed E-state index contributed by atoms with van der Waals surface area (Å²) in [7, 11) is 1.85. The van der Waals surface area contributed by atoms with Gasteiger partial charge in [-0.1, -0.05) is 17.3 Å². The van der Waals surface area contributed by atoms with Crippen molar-refractivity contribution in [2.75, 3.05) is 25.1 Å². The summed E-state index contributed by atoms with van der Waals surface area (Å²) in [6, 6.07) is 5.57. The van der Waals surface area contributed by atoms with Gasteiger partial charge in [0, 0.05) is 19.2 Å². The molecule has 0 bridgehead atoms. The van der Waals surface area contributed by atoms with Crippen LogP contribution in [0, 0.1) is 6.92 Å². The summed E-state index contributed by atoms with van der Waals surface area (Å²) in [5.41, 5.74) is 8.16. The Kier molecular flexibility index (Phi) is 4.13. The van der Waals surface area contributed by atoms with E-state index in [2.05, 4.69) is 5.16 Å². The Morgan fingerprint density at radius 1 is 1.50 bits per heavy atom. The van der Waals surface area contributed by atoms with Gasteiger partial charge in [0.05, 0.1) is 12.3 Å². The minimum Gasteiger partial charge on any atom is -0.409 e. The van der Waals surface area contributed by atoms with Gasteiger partial charge in [0.1, 0.15) is 0 Å². The molecule has 4 N–H and O–H groups in total. The topological polar surface area (TPSA) is 82.1 Å². The number of aliphatic hydroxyl groups excluding tert-OH is 1. The van der Waals surface area contributed by atoms with E-state index < -0.39 is 0 Å². The Morgan fingerprint density at radius 2 is 2.19 bits per heavy atom. The fourth-order valence-electron chi connectivity index (χ4n) is 1.69. The molecule has 1 aromatic rings. The molecule has 0 saturated heterocycles. The molecule has 1 rings (SSSR count). The van der Waals surface area contributed by atoms with Crippen molar-refractivity contribution in [3.63, 3.8) is 0 Å². The normalized spacial score (nSPS) is 11.6. The number of likely N-dealkylation sites (N-methyl/N-ethyl adjacent to an activating group) is 1. The Hall–Kier alpha value is -1.75. The molecule has 0 radical (unpaired) electrons. The number of hydrogen-bond acceptors (Lipinski definition) is 4. The summed E-state index contributed by atoms with van der Waals surface area (Å²) in [4.78, 5) is 1.88. The molecule has 0 spiro atoms. The van der Waals surface area contributed by atoms with E-state index in [1.54, 1.807) is 6.07 Å². The first-order chi connectivity index (χ1) is 7.61. The predicted octanol–water partition coefficient (Wildman–Crippen LogP) is 0.518. The largest absolute Gasteiger partial charge is 0.409 e. The molecule has 0 aromatic heterocycles. The number of amidine groups is 1. The van der Waals surface area contributed by atoms with Gasteiger partial charge < -0.3 is 20.9 Å². The summed E-state index contributed by atoms with van der Waals surface area (Å²) in [5, 5.41) is 20.6. The monoisotopic (exact) mass is 223 g/mol. The smallest absolute Gasteiger partial charge is 0.172 e. The van der Waals surface area contributed by atoms with Crippen LogP contribution >= 0.6 is 0 Å². The lowest BCUT2D eigenvalue weighted by molar-refractivity contribution is 0.304. The van der Waals surface area contributed by atoms with Crippen molar-refractivity contribution < 1.29 is 10.3 Å². The molecule has 5 nitrogen and oxygen atoms in total. The van der Waals surface area contributed by atoms with E-state index in [9.17, 15) is 0 Å². The number of anilines is 1. The summed E-state index contributed by atoms with van der Waals surface area (Å²) in [6.45, 7) is 2.49. The first kappa shape index (κ1) is 12.3. The second-order valence-electron chi connectivity index (χ2n) is 3.60. The number of benzene rings is 1. The maximum Gasteiger partial charge on any atom is 0.172 e. The average molecular weight is 223 g/mol. The van der Waals surface area contributed by atoms with E-state index >= 15 is 0 Å². The number of oxime groups is 1. The van der Waals surface area contributed by atoms with Crippen molar-refractivity contribution in [2.24, 2.45) is 10.9 Å². The van der Waals surface area contributed by atoms with Crippen molar-refractivity contribution >= 4 is 11.5 Å². The van der Waals surface area contributed by atoms with E-state index in [4.69, 9.17) is 16.0 Å². The predicted molar refractivity (Wildman–Crippen MR) is 64.0 cm³/mol. The third-order valence-electron chi connectivity index (χ3n) is 2.44. The molecule has 0 atom stereocenters. The van der Waals surface area contributed by atoms with Crippen molar-refractivity contribution in [2.45, 2.75) is 6.92 Å². The summed E-state index contributed by atoms with van der Waals surface area (Å²) in [5.74, 6) is 0.0727. The Morgan fingerprint density at radius 3 is 2.75 bits per heavy atom. The highest BCUT2D eigenvalue weighted by molar-refractivity contribution is 6.02. The van der Waals surface area contributed by atoms with Gasteiger partial charge in [-0.15, -0.1) is 0 Å². The SMILES string of the molecule is Cc1cccc(/C(N)=N/O)c1N(C)CCO. The van der Waals surface area contributed by atoms with Crippen LogP contribution in [-0.2, 0) is 0 Å². The zero-order valence-electron chi connectivity index (χ0n) is 9.51. The molecule has 5 heteroatoms. The van der Waals surface area contributed by atoms with Gasteiger partial charge in [0.2, 0.25) is 0 Å². The fourth-order valence-corrected chi connectivity index (χ4v) is 1.69. The third kappa shape index (κ3) is 2.43.